The third-order valence-electron chi connectivity index (χ3n) is 5.22. The van der Waals surface area contributed by atoms with Crippen molar-refractivity contribution < 1.29 is 14.7 Å². The molecule has 0 spiro atoms. The molecule has 0 aromatic heterocycles. The minimum absolute atomic E-state index is 0. The van der Waals surface area contributed by atoms with Crippen molar-refractivity contribution in [3.05, 3.63) is 0 Å². The number of aliphatic carboxylic acids is 1. The molecule has 2 aliphatic rings. The SMILES string of the molecule is CC1CCC(N(C)C(=O)CN2CCC(C(=O)O)CC2)CC1.Cl. The molecule has 22 heavy (non-hydrogen) atoms. The molecular formula is C16H29ClN2O3. The number of nitrogens with zero attached hydrogens (tertiary/aromatic N) is 2. The number of carboxylic acid groups (broad SMARTS) is 1. The lowest BCUT2D eigenvalue weighted by atomic mass is 9.87. The van der Waals surface area contributed by atoms with Gasteiger partial charge in [0.25, 0.3) is 0 Å². The first-order chi connectivity index (χ1) is 9.97. The van der Waals surface area contributed by atoms with Crippen molar-refractivity contribution >= 4 is 24.3 Å². The molecule has 1 saturated carbocycles. The van der Waals surface area contributed by atoms with Crippen molar-refractivity contribution in [2.75, 3.05) is 26.7 Å². The molecule has 1 heterocycles. The maximum absolute atomic E-state index is 12.4. The molecule has 0 atom stereocenters. The van der Waals surface area contributed by atoms with Crippen molar-refractivity contribution in [1.29, 1.82) is 0 Å². The van der Waals surface area contributed by atoms with E-state index in [4.69, 9.17) is 5.11 Å². The van der Waals surface area contributed by atoms with Gasteiger partial charge in [-0.3, -0.25) is 14.5 Å². The zero-order chi connectivity index (χ0) is 15.4. The Morgan fingerprint density at radius 1 is 1.09 bits per heavy atom. The zero-order valence-corrected chi connectivity index (χ0v) is 14.5. The van der Waals surface area contributed by atoms with Crippen molar-refractivity contribution in [1.82, 2.24) is 9.80 Å². The number of carbonyl (C=O) groups excluding carboxylic acids is 1. The van der Waals surface area contributed by atoms with Gasteiger partial charge in [0.2, 0.25) is 5.91 Å². The van der Waals surface area contributed by atoms with Gasteiger partial charge in [-0.1, -0.05) is 6.92 Å². The first kappa shape index (κ1) is 19.2. The van der Waals surface area contributed by atoms with Crippen LogP contribution in [0.2, 0.25) is 0 Å². The highest BCUT2D eigenvalue weighted by Gasteiger charge is 2.28. The van der Waals surface area contributed by atoms with Gasteiger partial charge in [0, 0.05) is 13.1 Å². The van der Waals surface area contributed by atoms with Gasteiger partial charge in [-0.15, -0.1) is 12.4 Å². The van der Waals surface area contributed by atoms with Crippen LogP contribution >= 0.6 is 12.4 Å². The summed E-state index contributed by atoms with van der Waals surface area (Å²) in [6.07, 6.45) is 5.98. The Bertz CT molecular complexity index is 376. The number of amides is 1. The molecule has 0 bridgehead atoms. The molecule has 0 aromatic carbocycles. The van der Waals surface area contributed by atoms with Crippen LogP contribution < -0.4 is 0 Å². The van der Waals surface area contributed by atoms with E-state index >= 15 is 0 Å². The molecule has 6 heteroatoms. The van der Waals surface area contributed by atoms with E-state index in [1.807, 2.05) is 11.9 Å². The third kappa shape index (κ3) is 5.13. The molecule has 0 unspecified atom stereocenters. The smallest absolute Gasteiger partial charge is 0.306 e. The highest BCUT2D eigenvalue weighted by Crippen LogP contribution is 2.26. The van der Waals surface area contributed by atoms with E-state index in [1.54, 1.807) is 0 Å². The minimum Gasteiger partial charge on any atom is -0.481 e. The molecule has 0 radical (unpaired) electrons. The van der Waals surface area contributed by atoms with Crippen molar-refractivity contribution in [2.45, 2.75) is 51.5 Å². The summed E-state index contributed by atoms with van der Waals surface area (Å²) in [6, 6.07) is 0.394. The van der Waals surface area contributed by atoms with E-state index in [9.17, 15) is 9.59 Å². The predicted octanol–water partition coefficient (Wildman–Crippen LogP) is 2.24. The van der Waals surface area contributed by atoms with Crippen LogP contribution in [0.15, 0.2) is 0 Å². The van der Waals surface area contributed by atoms with Crippen LogP contribution in [0.1, 0.15) is 45.4 Å². The van der Waals surface area contributed by atoms with Crippen molar-refractivity contribution in [3.8, 4) is 0 Å². The van der Waals surface area contributed by atoms with Crippen molar-refractivity contribution in [2.24, 2.45) is 11.8 Å². The molecule has 1 aliphatic heterocycles. The van der Waals surface area contributed by atoms with Crippen molar-refractivity contribution in [3.63, 3.8) is 0 Å². The molecule has 2 rings (SSSR count). The highest BCUT2D eigenvalue weighted by atomic mass is 35.5. The Morgan fingerprint density at radius 3 is 2.14 bits per heavy atom. The molecule has 1 aliphatic carbocycles. The topological polar surface area (TPSA) is 60.9 Å². The van der Waals surface area contributed by atoms with Crippen LogP contribution in [0.4, 0.5) is 0 Å². The standard InChI is InChI=1S/C16H28N2O3.ClH/c1-12-3-5-14(6-4-12)17(2)15(19)11-18-9-7-13(8-10-18)16(20)21;/h12-14H,3-11H2,1-2H3,(H,20,21);1H. The summed E-state index contributed by atoms with van der Waals surface area (Å²) < 4.78 is 0. The lowest BCUT2D eigenvalue weighted by Gasteiger charge is -2.36. The molecule has 1 N–H and O–H groups in total. The van der Waals surface area contributed by atoms with Gasteiger partial charge in [0.15, 0.2) is 0 Å². The lowest BCUT2D eigenvalue weighted by Crippen LogP contribution is -2.46. The highest BCUT2D eigenvalue weighted by molar-refractivity contribution is 5.85. The molecule has 1 amide bonds. The van der Waals surface area contributed by atoms with Gasteiger partial charge in [-0.05, 0) is 57.5 Å². The Kier molecular flexibility index (Phi) is 7.63. The average Bonchev–Trinajstić information content (AvgIpc) is 2.47. The second-order valence-corrected chi connectivity index (χ2v) is 6.81. The van der Waals surface area contributed by atoms with Gasteiger partial charge in [0.05, 0.1) is 12.5 Å². The van der Waals surface area contributed by atoms with Crippen LogP contribution in [0, 0.1) is 11.8 Å². The number of halogens is 1. The fraction of sp³-hybridized carbons (Fsp3) is 0.875. The quantitative estimate of drug-likeness (QED) is 0.857. The van der Waals surface area contributed by atoms with Crippen LogP contribution in [0.5, 0.6) is 0 Å². The Balaban J connectivity index is 0.00000242. The molecule has 0 aromatic rings. The summed E-state index contributed by atoms with van der Waals surface area (Å²) in [5, 5.41) is 8.99. The van der Waals surface area contributed by atoms with E-state index in [0.29, 0.717) is 25.4 Å². The summed E-state index contributed by atoms with van der Waals surface area (Å²) in [5.74, 6) is 0.0476. The number of likely N-dealkylation sites (N-methyl/N-ethyl adjacent to an activating group) is 1. The van der Waals surface area contributed by atoms with E-state index in [2.05, 4.69) is 11.8 Å². The fourth-order valence-corrected chi connectivity index (χ4v) is 3.47. The van der Waals surface area contributed by atoms with Crippen LogP contribution in [0.25, 0.3) is 0 Å². The number of carboxylic acids is 1. The summed E-state index contributed by atoms with van der Waals surface area (Å²) in [5.41, 5.74) is 0. The molecule has 2 fully saturated rings. The van der Waals surface area contributed by atoms with Crippen LogP contribution in [0.3, 0.4) is 0 Å². The molecule has 128 valence electrons. The number of hydrogen-bond donors (Lipinski definition) is 1. The summed E-state index contributed by atoms with van der Waals surface area (Å²) in [7, 11) is 1.92. The fourth-order valence-electron chi connectivity index (χ4n) is 3.47. The van der Waals surface area contributed by atoms with E-state index in [1.165, 1.54) is 12.8 Å². The summed E-state index contributed by atoms with van der Waals surface area (Å²) in [6.45, 7) is 4.16. The Labute approximate surface area is 139 Å². The number of piperidine rings is 1. The van der Waals surface area contributed by atoms with E-state index in [0.717, 1.165) is 31.8 Å². The molecular weight excluding hydrogens is 304 g/mol. The van der Waals surface area contributed by atoms with Gasteiger partial charge >= 0.3 is 5.97 Å². The van der Waals surface area contributed by atoms with Crippen LogP contribution in [-0.2, 0) is 9.59 Å². The number of hydrogen-bond acceptors (Lipinski definition) is 3. The first-order valence-corrected chi connectivity index (χ1v) is 8.18. The van der Waals surface area contributed by atoms with E-state index in [-0.39, 0.29) is 24.2 Å². The van der Waals surface area contributed by atoms with Gasteiger partial charge in [-0.2, -0.15) is 0 Å². The first-order valence-electron chi connectivity index (χ1n) is 8.18. The second-order valence-electron chi connectivity index (χ2n) is 6.81. The zero-order valence-electron chi connectivity index (χ0n) is 13.7. The maximum atomic E-state index is 12.4. The third-order valence-corrected chi connectivity index (χ3v) is 5.22. The van der Waals surface area contributed by atoms with Crippen LogP contribution in [-0.4, -0.2) is 59.5 Å². The van der Waals surface area contributed by atoms with E-state index < -0.39 is 5.97 Å². The Hall–Kier alpha value is -0.810. The summed E-state index contributed by atoms with van der Waals surface area (Å²) in [4.78, 5) is 27.3. The number of likely N-dealkylation sites (tertiary alicyclic amines) is 1. The predicted molar refractivity (Wildman–Crippen MR) is 88.2 cm³/mol. The molecule has 5 nitrogen and oxygen atoms in total. The number of carbonyl (C=O) groups is 2. The minimum atomic E-state index is -0.700. The second kappa shape index (κ2) is 8.73. The van der Waals surface area contributed by atoms with Gasteiger partial charge < -0.3 is 10.0 Å². The number of rotatable bonds is 4. The van der Waals surface area contributed by atoms with Gasteiger partial charge in [-0.25, -0.2) is 0 Å². The van der Waals surface area contributed by atoms with Gasteiger partial charge in [0.1, 0.15) is 0 Å². The lowest BCUT2D eigenvalue weighted by molar-refractivity contribution is -0.143. The Morgan fingerprint density at radius 2 is 1.64 bits per heavy atom. The largest absolute Gasteiger partial charge is 0.481 e. The summed E-state index contributed by atoms with van der Waals surface area (Å²) >= 11 is 0. The monoisotopic (exact) mass is 332 g/mol. The average molecular weight is 333 g/mol. The maximum Gasteiger partial charge on any atom is 0.306 e. The normalized spacial score (nSPS) is 27.0. The molecule has 1 saturated heterocycles.